The van der Waals surface area contributed by atoms with E-state index >= 15 is 0 Å². The fourth-order valence-electron chi connectivity index (χ4n) is 0.889. The number of hydrogen-bond donors (Lipinski definition) is 2. The van der Waals surface area contributed by atoms with Gasteiger partial charge in [-0.25, -0.2) is 9.97 Å². The van der Waals surface area contributed by atoms with Crippen molar-refractivity contribution in [2.24, 2.45) is 0 Å². The number of aliphatic hydroxyl groups is 1. The first-order valence-corrected chi connectivity index (χ1v) is 4.32. The third-order valence-electron chi connectivity index (χ3n) is 1.43. The molecule has 4 nitrogen and oxygen atoms in total. The summed E-state index contributed by atoms with van der Waals surface area (Å²) >= 11 is 1.51. The van der Waals surface area contributed by atoms with Crippen molar-refractivity contribution in [3.63, 3.8) is 0 Å². The molecule has 0 amide bonds. The first-order chi connectivity index (χ1) is 5.90. The van der Waals surface area contributed by atoms with Crippen LogP contribution in [0.25, 0.3) is 10.8 Å². The first kappa shape index (κ1) is 7.45. The Balaban J connectivity index is 2.35. The molecule has 0 atom stereocenters. The Kier molecular flexibility index (Phi) is 1.89. The Morgan fingerprint density at radius 2 is 2.42 bits per heavy atom. The van der Waals surface area contributed by atoms with Crippen LogP contribution in [0.1, 0.15) is 5.69 Å². The van der Waals surface area contributed by atoms with E-state index in [0.29, 0.717) is 11.5 Å². The van der Waals surface area contributed by atoms with Gasteiger partial charge in [0.1, 0.15) is 0 Å². The number of aliphatic hydroxyl groups excluding tert-OH is 1. The normalized spacial score (nSPS) is 10.4. The lowest BCUT2D eigenvalue weighted by atomic mass is 10.5. The van der Waals surface area contributed by atoms with Crippen LogP contribution in [0, 0.1) is 0 Å². The first-order valence-electron chi connectivity index (χ1n) is 3.45. The topological polar surface area (TPSA) is 61.8 Å². The van der Waals surface area contributed by atoms with Crippen molar-refractivity contribution in [2.45, 2.75) is 6.61 Å². The number of imidazole rings is 1. The standard InChI is InChI=1S/C7H7N3OS/c11-4-5-3-9-6(10-5)7-8-1-2-12-7/h1-3,11H,4H2,(H,9,10). The molecule has 0 aliphatic rings. The quantitative estimate of drug-likeness (QED) is 0.727. The highest BCUT2D eigenvalue weighted by molar-refractivity contribution is 7.12. The molecule has 2 rings (SSSR count). The minimum atomic E-state index is -0.0155. The van der Waals surface area contributed by atoms with Crippen molar-refractivity contribution in [2.75, 3.05) is 0 Å². The molecule has 62 valence electrons. The zero-order chi connectivity index (χ0) is 8.39. The van der Waals surface area contributed by atoms with Gasteiger partial charge in [-0.2, -0.15) is 0 Å². The van der Waals surface area contributed by atoms with Gasteiger partial charge in [0.2, 0.25) is 0 Å². The predicted molar refractivity (Wildman–Crippen MR) is 45.6 cm³/mol. The van der Waals surface area contributed by atoms with E-state index in [2.05, 4.69) is 15.0 Å². The van der Waals surface area contributed by atoms with E-state index in [0.717, 1.165) is 5.01 Å². The predicted octanol–water partition coefficient (Wildman–Crippen LogP) is 1.03. The van der Waals surface area contributed by atoms with Crippen molar-refractivity contribution in [3.8, 4) is 10.8 Å². The fourth-order valence-corrected chi connectivity index (χ4v) is 1.48. The lowest BCUT2D eigenvalue weighted by Gasteiger charge is -1.87. The highest BCUT2D eigenvalue weighted by atomic mass is 32.1. The van der Waals surface area contributed by atoms with Gasteiger partial charge in [0.15, 0.2) is 10.8 Å². The molecule has 0 aliphatic carbocycles. The Hall–Kier alpha value is -1.20. The third-order valence-corrected chi connectivity index (χ3v) is 2.21. The third kappa shape index (κ3) is 1.24. The maximum atomic E-state index is 8.76. The zero-order valence-electron chi connectivity index (χ0n) is 6.19. The molecule has 0 spiro atoms. The molecule has 5 heteroatoms. The van der Waals surface area contributed by atoms with Crippen molar-refractivity contribution in [1.29, 1.82) is 0 Å². The van der Waals surface area contributed by atoms with E-state index < -0.39 is 0 Å². The number of aromatic amines is 1. The number of aromatic nitrogens is 3. The van der Waals surface area contributed by atoms with E-state index in [1.54, 1.807) is 12.4 Å². The van der Waals surface area contributed by atoms with E-state index in [1.165, 1.54) is 11.3 Å². The molecule has 2 N–H and O–H groups in total. The molecule has 0 radical (unpaired) electrons. The average molecular weight is 181 g/mol. The van der Waals surface area contributed by atoms with Gasteiger partial charge in [0, 0.05) is 11.6 Å². The summed E-state index contributed by atoms with van der Waals surface area (Å²) in [5, 5.41) is 11.5. The van der Waals surface area contributed by atoms with Crippen LogP contribution in [0.5, 0.6) is 0 Å². The van der Waals surface area contributed by atoms with Crippen molar-refractivity contribution in [1.82, 2.24) is 15.0 Å². The van der Waals surface area contributed by atoms with Crippen LogP contribution in [-0.4, -0.2) is 20.1 Å². The Bertz CT molecular complexity index is 354. The molecule has 2 aromatic rings. The second-order valence-electron chi connectivity index (χ2n) is 2.25. The van der Waals surface area contributed by atoms with Crippen LogP contribution in [-0.2, 0) is 6.61 Å². The molecule has 2 heterocycles. The van der Waals surface area contributed by atoms with Crippen LogP contribution >= 0.6 is 11.3 Å². The lowest BCUT2D eigenvalue weighted by Crippen LogP contribution is -1.82. The second-order valence-corrected chi connectivity index (χ2v) is 3.15. The van der Waals surface area contributed by atoms with E-state index in [-0.39, 0.29) is 6.61 Å². The van der Waals surface area contributed by atoms with Gasteiger partial charge in [-0.05, 0) is 0 Å². The zero-order valence-corrected chi connectivity index (χ0v) is 7.01. The van der Waals surface area contributed by atoms with Gasteiger partial charge >= 0.3 is 0 Å². The summed E-state index contributed by atoms with van der Waals surface area (Å²) in [6.45, 7) is -0.0155. The van der Waals surface area contributed by atoms with Gasteiger partial charge in [0.05, 0.1) is 18.5 Å². The smallest absolute Gasteiger partial charge is 0.166 e. The molecule has 0 saturated heterocycles. The van der Waals surface area contributed by atoms with Crippen LogP contribution in [0.3, 0.4) is 0 Å². The molecular formula is C7H7N3OS. The summed E-state index contributed by atoms with van der Waals surface area (Å²) in [5.74, 6) is 0.717. The second kappa shape index (κ2) is 3.04. The van der Waals surface area contributed by atoms with Crippen LogP contribution in [0.2, 0.25) is 0 Å². The Labute approximate surface area is 72.9 Å². The number of nitrogens with zero attached hydrogens (tertiary/aromatic N) is 2. The molecule has 0 fully saturated rings. The van der Waals surface area contributed by atoms with Crippen molar-refractivity contribution >= 4 is 11.3 Å². The summed E-state index contributed by atoms with van der Waals surface area (Å²) in [6, 6.07) is 0. The fraction of sp³-hybridized carbons (Fsp3) is 0.143. The number of hydrogen-bond acceptors (Lipinski definition) is 4. The van der Waals surface area contributed by atoms with Crippen molar-refractivity contribution < 1.29 is 5.11 Å². The molecule has 0 aliphatic heterocycles. The summed E-state index contributed by atoms with van der Waals surface area (Å²) in [4.78, 5) is 11.1. The van der Waals surface area contributed by atoms with E-state index in [9.17, 15) is 0 Å². The van der Waals surface area contributed by atoms with E-state index in [4.69, 9.17) is 5.11 Å². The number of H-pyrrole nitrogens is 1. The van der Waals surface area contributed by atoms with Gasteiger partial charge in [-0.15, -0.1) is 11.3 Å². The van der Waals surface area contributed by atoms with E-state index in [1.807, 2.05) is 5.38 Å². The number of thiazole rings is 1. The van der Waals surface area contributed by atoms with Crippen LogP contribution < -0.4 is 0 Å². The average Bonchev–Trinajstić information content (AvgIpc) is 2.75. The Morgan fingerprint density at radius 1 is 1.50 bits per heavy atom. The highest BCUT2D eigenvalue weighted by Crippen LogP contribution is 2.17. The molecular weight excluding hydrogens is 174 g/mol. The molecule has 0 unspecified atom stereocenters. The van der Waals surface area contributed by atoms with Gasteiger partial charge in [-0.3, -0.25) is 0 Å². The largest absolute Gasteiger partial charge is 0.390 e. The summed E-state index contributed by atoms with van der Waals surface area (Å²) in [5.41, 5.74) is 0.709. The minimum Gasteiger partial charge on any atom is -0.390 e. The molecule has 2 aromatic heterocycles. The maximum Gasteiger partial charge on any atom is 0.166 e. The molecule has 12 heavy (non-hydrogen) atoms. The lowest BCUT2D eigenvalue weighted by molar-refractivity contribution is 0.277. The maximum absolute atomic E-state index is 8.76. The molecule has 0 aromatic carbocycles. The monoisotopic (exact) mass is 181 g/mol. The van der Waals surface area contributed by atoms with Crippen LogP contribution in [0.4, 0.5) is 0 Å². The number of rotatable bonds is 2. The van der Waals surface area contributed by atoms with Crippen LogP contribution in [0.15, 0.2) is 17.8 Å². The molecule has 0 saturated carbocycles. The minimum absolute atomic E-state index is 0.0155. The SMILES string of the molecule is OCc1cnc(-c2nccs2)[nH]1. The summed E-state index contributed by atoms with van der Waals surface area (Å²) in [7, 11) is 0. The number of nitrogens with one attached hydrogen (secondary N) is 1. The van der Waals surface area contributed by atoms with Crippen molar-refractivity contribution in [3.05, 3.63) is 23.5 Å². The highest BCUT2D eigenvalue weighted by Gasteiger charge is 2.03. The Morgan fingerprint density at radius 3 is 3.00 bits per heavy atom. The van der Waals surface area contributed by atoms with Gasteiger partial charge in [-0.1, -0.05) is 0 Å². The summed E-state index contributed by atoms with van der Waals surface area (Å²) < 4.78 is 0. The molecule has 0 bridgehead atoms. The summed E-state index contributed by atoms with van der Waals surface area (Å²) in [6.07, 6.45) is 3.33. The van der Waals surface area contributed by atoms with Gasteiger partial charge in [0.25, 0.3) is 0 Å². The van der Waals surface area contributed by atoms with Gasteiger partial charge < -0.3 is 10.1 Å².